The van der Waals surface area contributed by atoms with E-state index in [1.165, 1.54) is 12.8 Å². The van der Waals surface area contributed by atoms with Crippen molar-refractivity contribution < 1.29 is 9.90 Å². The second-order valence-electron chi connectivity index (χ2n) is 4.32. The number of nitrogens with one attached hydrogen (secondary N) is 1. The summed E-state index contributed by atoms with van der Waals surface area (Å²) in [5.41, 5.74) is 5.39. The van der Waals surface area contributed by atoms with Crippen LogP contribution < -0.4 is 11.1 Å². The lowest BCUT2D eigenvalue weighted by molar-refractivity contribution is -0.128. The number of carbonyl (C=O) groups is 1. The van der Waals surface area contributed by atoms with Crippen molar-refractivity contribution in [2.24, 2.45) is 5.73 Å². The van der Waals surface area contributed by atoms with Crippen molar-refractivity contribution in [1.29, 1.82) is 0 Å². The molecule has 2 fully saturated rings. The first kappa shape index (κ1) is 9.89. The minimum Gasteiger partial charge on any atom is -0.394 e. The maximum atomic E-state index is 11.0. The van der Waals surface area contributed by atoms with Gasteiger partial charge in [-0.2, -0.15) is 0 Å². The van der Waals surface area contributed by atoms with E-state index in [0.717, 1.165) is 19.6 Å². The predicted octanol–water partition coefficient (Wildman–Crippen LogP) is -1.73. The Morgan fingerprint density at radius 1 is 1.64 bits per heavy atom. The lowest BCUT2D eigenvalue weighted by atomic mass is 9.87. The number of aliphatic hydroxyl groups excluding tert-OH is 1. The number of aliphatic hydroxyl groups is 1. The second kappa shape index (κ2) is 3.49. The van der Waals surface area contributed by atoms with Gasteiger partial charge < -0.3 is 16.2 Å². The van der Waals surface area contributed by atoms with Crippen LogP contribution in [0.3, 0.4) is 0 Å². The molecule has 4 N–H and O–H groups in total. The molecule has 2 aliphatic rings. The standard InChI is InChI=1S/C9H17N3O2/c10-8(14)7(4-13)12-5-9(6-12)2-1-3-11-9/h7,11,13H,1-6H2,(H2,10,14). The normalized spacial score (nSPS) is 27.5. The quantitative estimate of drug-likeness (QED) is 0.505. The van der Waals surface area contributed by atoms with Crippen molar-refractivity contribution in [3.63, 3.8) is 0 Å². The van der Waals surface area contributed by atoms with Gasteiger partial charge in [0.1, 0.15) is 6.04 Å². The van der Waals surface area contributed by atoms with Gasteiger partial charge in [-0.05, 0) is 19.4 Å². The fourth-order valence-electron chi connectivity index (χ4n) is 2.48. The van der Waals surface area contributed by atoms with Crippen LogP contribution in [0.5, 0.6) is 0 Å². The number of amides is 1. The highest BCUT2D eigenvalue weighted by molar-refractivity contribution is 5.80. The van der Waals surface area contributed by atoms with Crippen LogP contribution in [0.1, 0.15) is 12.8 Å². The Morgan fingerprint density at radius 3 is 2.79 bits per heavy atom. The van der Waals surface area contributed by atoms with E-state index in [4.69, 9.17) is 10.8 Å². The molecule has 0 radical (unpaired) electrons. The molecular formula is C9H17N3O2. The largest absolute Gasteiger partial charge is 0.394 e. The van der Waals surface area contributed by atoms with E-state index in [0.29, 0.717) is 0 Å². The summed E-state index contributed by atoms with van der Waals surface area (Å²) in [6, 6.07) is -0.497. The molecule has 0 bridgehead atoms. The molecule has 1 unspecified atom stereocenters. The summed E-state index contributed by atoms with van der Waals surface area (Å²) >= 11 is 0. The zero-order valence-corrected chi connectivity index (χ0v) is 8.20. The molecular weight excluding hydrogens is 182 g/mol. The summed E-state index contributed by atoms with van der Waals surface area (Å²) in [4.78, 5) is 12.9. The highest BCUT2D eigenvalue weighted by Crippen LogP contribution is 2.30. The zero-order valence-electron chi connectivity index (χ0n) is 8.20. The molecule has 1 atom stereocenters. The average molecular weight is 199 g/mol. The van der Waals surface area contributed by atoms with Crippen LogP contribution in [0.15, 0.2) is 0 Å². The van der Waals surface area contributed by atoms with Crippen molar-refractivity contribution >= 4 is 5.91 Å². The monoisotopic (exact) mass is 199 g/mol. The summed E-state index contributed by atoms with van der Waals surface area (Å²) in [5, 5.41) is 12.4. The smallest absolute Gasteiger partial charge is 0.237 e. The van der Waals surface area contributed by atoms with Crippen LogP contribution in [0.25, 0.3) is 0 Å². The predicted molar refractivity (Wildman–Crippen MR) is 51.6 cm³/mol. The summed E-state index contributed by atoms with van der Waals surface area (Å²) in [5.74, 6) is -0.430. The number of nitrogens with two attached hydrogens (primary N) is 1. The first-order valence-corrected chi connectivity index (χ1v) is 5.06. The molecule has 14 heavy (non-hydrogen) atoms. The topological polar surface area (TPSA) is 78.6 Å². The highest BCUT2D eigenvalue weighted by atomic mass is 16.3. The van der Waals surface area contributed by atoms with E-state index in [2.05, 4.69) is 5.32 Å². The van der Waals surface area contributed by atoms with Crippen molar-refractivity contribution in [2.75, 3.05) is 26.2 Å². The molecule has 5 heteroatoms. The van der Waals surface area contributed by atoms with E-state index in [1.807, 2.05) is 4.90 Å². The van der Waals surface area contributed by atoms with Crippen LogP contribution in [0, 0.1) is 0 Å². The molecule has 2 aliphatic heterocycles. The van der Waals surface area contributed by atoms with Crippen molar-refractivity contribution in [2.45, 2.75) is 24.4 Å². The summed E-state index contributed by atoms with van der Waals surface area (Å²) in [6.07, 6.45) is 2.37. The molecule has 2 rings (SSSR count). The molecule has 0 aliphatic carbocycles. The van der Waals surface area contributed by atoms with Gasteiger partial charge in [0.15, 0.2) is 0 Å². The van der Waals surface area contributed by atoms with Gasteiger partial charge in [-0.25, -0.2) is 0 Å². The fraction of sp³-hybridized carbons (Fsp3) is 0.889. The molecule has 0 aromatic rings. The van der Waals surface area contributed by atoms with Gasteiger partial charge in [0.2, 0.25) is 5.91 Å². The number of primary amides is 1. The van der Waals surface area contributed by atoms with Crippen LogP contribution in [-0.2, 0) is 4.79 Å². The Labute approximate surface area is 83.3 Å². The van der Waals surface area contributed by atoms with Gasteiger partial charge in [-0.15, -0.1) is 0 Å². The average Bonchev–Trinajstić information content (AvgIpc) is 2.52. The van der Waals surface area contributed by atoms with Crippen LogP contribution in [0.2, 0.25) is 0 Å². The summed E-state index contributed by atoms with van der Waals surface area (Å²) in [6.45, 7) is 2.56. The first-order valence-electron chi connectivity index (χ1n) is 5.06. The minimum absolute atomic E-state index is 0.175. The fourth-order valence-corrected chi connectivity index (χ4v) is 2.48. The zero-order chi connectivity index (χ0) is 10.2. The van der Waals surface area contributed by atoms with E-state index in [9.17, 15) is 4.79 Å². The third-order valence-corrected chi connectivity index (χ3v) is 3.29. The molecule has 0 aromatic carbocycles. The molecule has 5 nitrogen and oxygen atoms in total. The van der Waals surface area contributed by atoms with E-state index < -0.39 is 11.9 Å². The van der Waals surface area contributed by atoms with Gasteiger partial charge in [-0.3, -0.25) is 9.69 Å². The molecule has 0 saturated carbocycles. The molecule has 1 amide bonds. The molecule has 1 spiro atoms. The highest BCUT2D eigenvalue weighted by Gasteiger charge is 2.47. The first-order chi connectivity index (χ1) is 6.67. The van der Waals surface area contributed by atoms with Crippen LogP contribution in [-0.4, -0.2) is 53.7 Å². The number of hydrogen-bond acceptors (Lipinski definition) is 4. The Hall–Kier alpha value is -0.650. The third kappa shape index (κ3) is 1.51. The number of hydrogen-bond donors (Lipinski definition) is 3. The van der Waals surface area contributed by atoms with Gasteiger partial charge in [0.05, 0.1) is 6.61 Å². The SMILES string of the molecule is NC(=O)C(CO)N1CC2(CCCN2)C1. The third-order valence-electron chi connectivity index (χ3n) is 3.29. The van der Waals surface area contributed by atoms with Crippen molar-refractivity contribution in [3.05, 3.63) is 0 Å². The van der Waals surface area contributed by atoms with Gasteiger partial charge in [0, 0.05) is 18.6 Å². The number of likely N-dealkylation sites (tertiary alicyclic amines) is 1. The summed E-state index contributed by atoms with van der Waals surface area (Å²) in [7, 11) is 0. The minimum atomic E-state index is -0.497. The molecule has 0 aromatic heterocycles. The van der Waals surface area contributed by atoms with Crippen molar-refractivity contribution in [3.8, 4) is 0 Å². The Kier molecular flexibility index (Phi) is 2.47. The molecule has 2 saturated heterocycles. The van der Waals surface area contributed by atoms with Crippen LogP contribution >= 0.6 is 0 Å². The molecule has 2 heterocycles. The van der Waals surface area contributed by atoms with E-state index in [-0.39, 0.29) is 12.1 Å². The maximum absolute atomic E-state index is 11.0. The number of rotatable bonds is 3. The maximum Gasteiger partial charge on any atom is 0.237 e. The van der Waals surface area contributed by atoms with Crippen LogP contribution in [0.4, 0.5) is 0 Å². The van der Waals surface area contributed by atoms with Gasteiger partial charge in [-0.1, -0.05) is 0 Å². The number of carbonyl (C=O) groups excluding carboxylic acids is 1. The Bertz CT molecular complexity index is 230. The van der Waals surface area contributed by atoms with Gasteiger partial charge in [0.25, 0.3) is 0 Å². The summed E-state index contributed by atoms with van der Waals surface area (Å²) < 4.78 is 0. The Balaban J connectivity index is 1.89. The lowest BCUT2D eigenvalue weighted by Gasteiger charge is -2.50. The van der Waals surface area contributed by atoms with E-state index >= 15 is 0 Å². The second-order valence-corrected chi connectivity index (χ2v) is 4.32. The van der Waals surface area contributed by atoms with Gasteiger partial charge >= 0.3 is 0 Å². The lowest BCUT2D eigenvalue weighted by Crippen LogP contribution is -2.71. The number of nitrogens with zero attached hydrogens (tertiary/aromatic N) is 1. The Morgan fingerprint density at radius 2 is 2.36 bits per heavy atom. The molecule has 80 valence electrons. The van der Waals surface area contributed by atoms with E-state index in [1.54, 1.807) is 0 Å². The van der Waals surface area contributed by atoms with Crippen molar-refractivity contribution in [1.82, 2.24) is 10.2 Å².